The largest absolute Gasteiger partial charge is 0.324 e. The lowest BCUT2D eigenvalue weighted by atomic mass is 10.00. The van der Waals surface area contributed by atoms with E-state index in [1.54, 1.807) is 6.07 Å². The highest BCUT2D eigenvalue weighted by molar-refractivity contribution is 6.42. The third kappa shape index (κ3) is 6.16. The number of rotatable bonds is 9. The van der Waals surface area contributed by atoms with Gasteiger partial charge in [0.25, 0.3) is 0 Å². The van der Waals surface area contributed by atoms with E-state index < -0.39 is 0 Å². The number of halogens is 2. The first-order valence-electron chi connectivity index (χ1n) is 7.36. The van der Waals surface area contributed by atoms with Gasteiger partial charge in [0.05, 0.1) is 10.0 Å². The van der Waals surface area contributed by atoms with Crippen LogP contribution in [-0.2, 0) is 0 Å². The Balaban J connectivity index is 2.24. The fraction of sp³-hybridized carbons (Fsp3) is 0.625. The molecule has 0 aliphatic carbocycles. The fourth-order valence-corrected chi connectivity index (χ4v) is 2.73. The zero-order chi connectivity index (χ0) is 14.1. The molecule has 1 nitrogen and oxygen atoms in total. The lowest BCUT2D eigenvalue weighted by Crippen LogP contribution is -2.10. The van der Waals surface area contributed by atoms with Gasteiger partial charge in [-0.05, 0) is 18.1 Å². The molecule has 1 aromatic carbocycles. The third-order valence-electron chi connectivity index (χ3n) is 3.50. The van der Waals surface area contributed by atoms with Crippen LogP contribution < -0.4 is 5.73 Å². The Kier molecular flexibility index (Phi) is 8.52. The van der Waals surface area contributed by atoms with Gasteiger partial charge in [0.2, 0.25) is 0 Å². The molecule has 0 bridgehead atoms. The summed E-state index contributed by atoms with van der Waals surface area (Å²) in [6.45, 7) is 2.24. The van der Waals surface area contributed by atoms with Gasteiger partial charge < -0.3 is 5.73 Å². The fourth-order valence-electron chi connectivity index (χ4n) is 2.28. The molecule has 0 fully saturated rings. The Morgan fingerprint density at radius 3 is 2.32 bits per heavy atom. The molecular weight excluding hydrogens is 277 g/mol. The minimum absolute atomic E-state index is 0.00171. The molecule has 1 rings (SSSR count). The van der Waals surface area contributed by atoms with Gasteiger partial charge in [-0.2, -0.15) is 0 Å². The smallest absolute Gasteiger partial charge is 0.0639 e. The predicted octanol–water partition coefficient (Wildman–Crippen LogP) is 6.13. The Morgan fingerprint density at radius 2 is 1.63 bits per heavy atom. The summed E-state index contributed by atoms with van der Waals surface area (Å²) in [5.41, 5.74) is 7.16. The standard InChI is InChI=1S/C16H25Cl2N/c1-2-3-4-5-6-7-8-12-15(19)13-10-9-11-14(17)16(13)18/h9-11,15H,2-8,12,19H2,1H3. The summed E-state index contributed by atoms with van der Waals surface area (Å²) in [7, 11) is 0. The van der Waals surface area contributed by atoms with E-state index in [0.29, 0.717) is 10.0 Å². The van der Waals surface area contributed by atoms with Crippen LogP contribution in [0.25, 0.3) is 0 Å². The van der Waals surface area contributed by atoms with E-state index in [2.05, 4.69) is 6.92 Å². The summed E-state index contributed by atoms with van der Waals surface area (Å²) in [6, 6.07) is 5.68. The van der Waals surface area contributed by atoms with Crippen LogP contribution in [-0.4, -0.2) is 0 Å². The molecule has 0 aromatic heterocycles. The van der Waals surface area contributed by atoms with Gasteiger partial charge in [-0.1, -0.05) is 87.2 Å². The van der Waals surface area contributed by atoms with Gasteiger partial charge >= 0.3 is 0 Å². The molecule has 108 valence electrons. The van der Waals surface area contributed by atoms with Gasteiger partial charge in [0.15, 0.2) is 0 Å². The maximum atomic E-state index is 6.18. The minimum atomic E-state index is 0.00171. The molecule has 0 saturated heterocycles. The van der Waals surface area contributed by atoms with Crippen LogP contribution in [0.1, 0.15) is 69.9 Å². The van der Waals surface area contributed by atoms with Gasteiger partial charge in [0.1, 0.15) is 0 Å². The highest BCUT2D eigenvalue weighted by Gasteiger charge is 2.11. The van der Waals surface area contributed by atoms with E-state index in [4.69, 9.17) is 28.9 Å². The Labute approximate surface area is 127 Å². The minimum Gasteiger partial charge on any atom is -0.324 e. The number of hydrogen-bond acceptors (Lipinski definition) is 1. The second-order valence-corrected chi connectivity index (χ2v) is 5.94. The zero-order valence-electron chi connectivity index (χ0n) is 11.8. The first kappa shape index (κ1) is 16.8. The van der Waals surface area contributed by atoms with E-state index in [1.165, 1.54) is 38.5 Å². The Hall–Kier alpha value is -0.240. The van der Waals surface area contributed by atoms with E-state index in [9.17, 15) is 0 Å². The summed E-state index contributed by atoms with van der Waals surface area (Å²) < 4.78 is 0. The molecule has 0 amide bonds. The second kappa shape index (κ2) is 9.63. The topological polar surface area (TPSA) is 26.0 Å². The van der Waals surface area contributed by atoms with E-state index >= 15 is 0 Å². The average molecular weight is 302 g/mol. The first-order chi connectivity index (χ1) is 9.16. The maximum Gasteiger partial charge on any atom is 0.0639 e. The molecule has 1 atom stereocenters. The van der Waals surface area contributed by atoms with Crippen LogP contribution in [0.3, 0.4) is 0 Å². The monoisotopic (exact) mass is 301 g/mol. The molecule has 0 aliphatic heterocycles. The van der Waals surface area contributed by atoms with Gasteiger partial charge in [-0.15, -0.1) is 0 Å². The Morgan fingerprint density at radius 1 is 1.00 bits per heavy atom. The highest BCUT2D eigenvalue weighted by atomic mass is 35.5. The molecule has 0 heterocycles. The van der Waals surface area contributed by atoms with Crippen molar-refractivity contribution in [1.82, 2.24) is 0 Å². The molecule has 0 aliphatic rings. The van der Waals surface area contributed by atoms with Crippen molar-refractivity contribution in [2.45, 2.75) is 64.3 Å². The molecule has 19 heavy (non-hydrogen) atoms. The predicted molar refractivity (Wildman–Crippen MR) is 86.0 cm³/mol. The molecule has 3 heteroatoms. The summed E-state index contributed by atoms with van der Waals surface area (Å²) in [5.74, 6) is 0. The lowest BCUT2D eigenvalue weighted by Gasteiger charge is -2.14. The van der Waals surface area contributed by atoms with Crippen molar-refractivity contribution in [3.05, 3.63) is 33.8 Å². The highest BCUT2D eigenvalue weighted by Crippen LogP contribution is 2.31. The van der Waals surface area contributed by atoms with Crippen molar-refractivity contribution in [2.24, 2.45) is 5.73 Å². The van der Waals surface area contributed by atoms with E-state index in [0.717, 1.165) is 18.4 Å². The van der Waals surface area contributed by atoms with Crippen LogP contribution in [0.2, 0.25) is 10.0 Å². The number of unbranched alkanes of at least 4 members (excludes halogenated alkanes) is 6. The van der Waals surface area contributed by atoms with Crippen LogP contribution in [0.5, 0.6) is 0 Å². The summed E-state index contributed by atoms with van der Waals surface area (Å²) >= 11 is 12.2. The number of nitrogens with two attached hydrogens (primary N) is 1. The molecule has 0 saturated carbocycles. The van der Waals surface area contributed by atoms with Crippen LogP contribution in [0.4, 0.5) is 0 Å². The molecule has 1 aromatic rings. The van der Waals surface area contributed by atoms with Crippen LogP contribution in [0, 0.1) is 0 Å². The lowest BCUT2D eigenvalue weighted by molar-refractivity contribution is 0.541. The third-order valence-corrected chi connectivity index (χ3v) is 4.33. The van der Waals surface area contributed by atoms with E-state index in [1.807, 2.05) is 12.1 Å². The molecule has 2 N–H and O–H groups in total. The summed E-state index contributed by atoms with van der Waals surface area (Å²) in [6.07, 6.45) is 10.1. The van der Waals surface area contributed by atoms with Crippen molar-refractivity contribution in [1.29, 1.82) is 0 Å². The molecule has 1 unspecified atom stereocenters. The van der Waals surface area contributed by atoms with E-state index in [-0.39, 0.29) is 6.04 Å². The molecule has 0 radical (unpaired) electrons. The quantitative estimate of drug-likeness (QED) is 0.545. The van der Waals surface area contributed by atoms with Gasteiger partial charge in [-0.3, -0.25) is 0 Å². The number of benzene rings is 1. The number of hydrogen-bond donors (Lipinski definition) is 1. The van der Waals surface area contributed by atoms with Crippen molar-refractivity contribution < 1.29 is 0 Å². The normalized spacial score (nSPS) is 12.6. The van der Waals surface area contributed by atoms with Gasteiger partial charge in [-0.25, -0.2) is 0 Å². The van der Waals surface area contributed by atoms with Crippen molar-refractivity contribution in [3.8, 4) is 0 Å². The van der Waals surface area contributed by atoms with Crippen molar-refractivity contribution in [3.63, 3.8) is 0 Å². The maximum absolute atomic E-state index is 6.18. The molecule has 0 spiro atoms. The second-order valence-electron chi connectivity index (χ2n) is 5.16. The van der Waals surface area contributed by atoms with Gasteiger partial charge in [0, 0.05) is 6.04 Å². The van der Waals surface area contributed by atoms with Crippen LogP contribution in [0.15, 0.2) is 18.2 Å². The summed E-state index contributed by atoms with van der Waals surface area (Å²) in [5, 5.41) is 1.20. The average Bonchev–Trinajstić information content (AvgIpc) is 2.40. The zero-order valence-corrected chi connectivity index (χ0v) is 13.3. The van der Waals surface area contributed by atoms with Crippen LogP contribution >= 0.6 is 23.2 Å². The SMILES string of the molecule is CCCCCCCCCC(N)c1cccc(Cl)c1Cl. The van der Waals surface area contributed by atoms with Crippen molar-refractivity contribution in [2.75, 3.05) is 0 Å². The molecular formula is C16H25Cl2N. The first-order valence-corrected chi connectivity index (χ1v) is 8.12. The Bertz CT molecular complexity index is 366. The summed E-state index contributed by atoms with van der Waals surface area (Å²) in [4.78, 5) is 0. The van der Waals surface area contributed by atoms with Crippen molar-refractivity contribution >= 4 is 23.2 Å².